The van der Waals surface area contributed by atoms with Gasteiger partial charge in [-0.15, -0.1) is 0 Å². The summed E-state index contributed by atoms with van der Waals surface area (Å²) in [6.07, 6.45) is -3.87. The highest BCUT2D eigenvalue weighted by Crippen LogP contribution is 2.12. The van der Waals surface area contributed by atoms with Crippen molar-refractivity contribution in [2.75, 3.05) is 0 Å². The van der Waals surface area contributed by atoms with Crippen LogP contribution in [0.3, 0.4) is 0 Å². The zero-order valence-corrected chi connectivity index (χ0v) is 8.30. The first-order valence-electron chi connectivity index (χ1n) is 4.10. The average Bonchev–Trinajstić information content (AvgIpc) is 2.18. The first-order chi connectivity index (χ1) is 7.00. The van der Waals surface area contributed by atoms with Gasteiger partial charge in [0, 0.05) is 10.6 Å². The normalized spacial score (nSPS) is 10.4. The lowest BCUT2D eigenvalue weighted by Gasteiger charge is -2.00. The molecule has 0 aromatic heterocycles. The summed E-state index contributed by atoms with van der Waals surface area (Å²) in [6.45, 7) is 0. The zero-order valence-electron chi connectivity index (χ0n) is 7.54. The highest BCUT2D eigenvalue weighted by molar-refractivity contribution is 6.30. The Morgan fingerprint density at radius 2 is 1.73 bits per heavy atom. The second-order valence-corrected chi connectivity index (χ2v) is 3.31. The SMILES string of the molecule is O=C(CC(=O)C(F)F)c1ccc(Cl)cc1. The summed E-state index contributed by atoms with van der Waals surface area (Å²) in [7, 11) is 0. The number of Topliss-reactive ketones (excluding diaryl/α,β-unsaturated/α-hetero) is 2. The van der Waals surface area contributed by atoms with Crippen LogP contribution < -0.4 is 0 Å². The maximum atomic E-state index is 11.8. The third-order valence-electron chi connectivity index (χ3n) is 1.74. The van der Waals surface area contributed by atoms with E-state index in [4.69, 9.17) is 11.6 Å². The second-order valence-electron chi connectivity index (χ2n) is 2.87. The third kappa shape index (κ3) is 3.40. The monoisotopic (exact) mass is 232 g/mol. The van der Waals surface area contributed by atoms with Gasteiger partial charge in [-0.25, -0.2) is 8.78 Å². The number of hydrogen-bond donors (Lipinski definition) is 0. The van der Waals surface area contributed by atoms with Gasteiger partial charge in [-0.05, 0) is 24.3 Å². The number of alkyl halides is 2. The molecule has 0 aliphatic rings. The van der Waals surface area contributed by atoms with Crippen LogP contribution in [0.4, 0.5) is 8.78 Å². The molecule has 0 aliphatic carbocycles. The minimum atomic E-state index is -3.10. The zero-order chi connectivity index (χ0) is 11.4. The Labute approximate surface area is 89.8 Å². The van der Waals surface area contributed by atoms with Crippen molar-refractivity contribution in [1.29, 1.82) is 0 Å². The third-order valence-corrected chi connectivity index (χ3v) is 2.00. The summed E-state index contributed by atoms with van der Waals surface area (Å²) >= 11 is 5.57. The molecule has 0 aliphatic heterocycles. The molecule has 15 heavy (non-hydrogen) atoms. The summed E-state index contributed by atoms with van der Waals surface area (Å²) in [5.74, 6) is -1.99. The summed E-state index contributed by atoms with van der Waals surface area (Å²) in [4.78, 5) is 21.9. The molecule has 80 valence electrons. The van der Waals surface area contributed by atoms with Crippen LogP contribution in [0.15, 0.2) is 24.3 Å². The van der Waals surface area contributed by atoms with E-state index in [9.17, 15) is 18.4 Å². The number of carbonyl (C=O) groups excluding carboxylic acids is 2. The molecule has 1 rings (SSSR count). The molecule has 0 unspecified atom stereocenters. The fourth-order valence-electron chi connectivity index (χ4n) is 0.973. The van der Waals surface area contributed by atoms with Gasteiger partial charge in [-0.1, -0.05) is 11.6 Å². The number of ketones is 2. The van der Waals surface area contributed by atoms with Gasteiger partial charge in [0.05, 0.1) is 6.42 Å². The fraction of sp³-hybridized carbons (Fsp3) is 0.200. The van der Waals surface area contributed by atoms with Crippen LogP contribution >= 0.6 is 11.6 Å². The van der Waals surface area contributed by atoms with Crippen molar-refractivity contribution in [3.63, 3.8) is 0 Å². The molecule has 0 atom stereocenters. The molecule has 1 aromatic carbocycles. The van der Waals surface area contributed by atoms with E-state index < -0.39 is 24.4 Å². The van der Waals surface area contributed by atoms with Gasteiger partial charge in [0.2, 0.25) is 5.78 Å². The first kappa shape index (κ1) is 11.8. The van der Waals surface area contributed by atoms with Gasteiger partial charge in [0.15, 0.2) is 5.78 Å². The van der Waals surface area contributed by atoms with Gasteiger partial charge in [-0.3, -0.25) is 9.59 Å². The molecule has 0 N–H and O–H groups in total. The molecule has 1 aromatic rings. The highest BCUT2D eigenvalue weighted by Gasteiger charge is 2.19. The van der Waals surface area contributed by atoms with E-state index in [1.165, 1.54) is 24.3 Å². The minimum Gasteiger partial charge on any atom is -0.294 e. The maximum Gasteiger partial charge on any atom is 0.296 e. The Balaban J connectivity index is 2.69. The fourth-order valence-corrected chi connectivity index (χ4v) is 1.10. The highest BCUT2D eigenvalue weighted by atomic mass is 35.5. The smallest absolute Gasteiger partial charge is 0.294 e. The predicted octanol–water partition coefficient (Wildman–Crippen LogP) is 2.75. The molecule has 0 saturated carbocycles. The Bertz CT molecular complexity index is 374. The van der Waals surface area contributed by atoms with Crippen molar-refractivity contribution >= 4 is 23.2 Å². The molecule has 0 fully saturated rings. The average molecular weight is 233 g/mol. The summed E-state index contributed by atoms with van der Waals surface area (Å²) < 4.78 is 23.7. The summed E-state index contributed by atoms with van der Waals surface area (Å²) in [5, 5.41) is 0.437. The van der Waals surface area contributed by atoms with Crippen LogP contribution in [0, 0.1) is 0 Å². The Morgan fingerprint density at radius 3 is 2.20 bits per heavy atom. The van der Waals surface area contributed by atoms with Crippen LogP contribution in [0.1, 0.15) is 16.8 Å². The van der Waals surface area contributed by atoms with E-state index in [0.29, 0.717) is 5.02 Å². The lowest BCUT2D eigenvalue weighted by atomic mass is 10.1. The molecule has 0 amide bonds. The maximum absolute atomic E-state index is 11.8. The number of rotatable bonds is 4. The van der Waals surface area contributed by atoms with Gasteiger partial charge in [0.1, 0.15) is 0 Å². The first-order valence-corrected chi connectivity index (χ1v) is 4.48. The Kier molecular flexibility index (Phi) is 3.91. The van der Waals surface area contributed by atoms with Crippen LogP contribution in [0.2, 0.25) is 5.02 Å². The van der Waals surface area contributed by atoms with Crippen LogP contribution in [-0.4, -0.2) is 18.0 Å². The molecule has 0 heterocycles. The van der Waals surface area contributed by atoms with E-state index in [0.717, 1.165) is 0 Å². The molecule has 0 saturated heterocycles. The Hall–Kier alpha value is -1.29. The van der Waals surface area contributed by atoms with Gasteiger partial charge in [0.25, 0.3) is 6.43 Å². The Morgan fingerprint density at radius 1 is 1.20 bits per heavy atom. The van der Waals surface area contributed by atoms with Crippen molar-refractivity contribution in [3.05, 3.63) is 34.9 Å². The predicted molar refractivity (Wildman–Crippen MR) is 51.4 cm³/mol. The van der Waals surface area contributed by atoms with Crippen molar-refractivity contribution in [2.45, 2.75) is 12.8 Å². The van der Waals surface area contributed by atoms with Gasteiger partial charge >= 0.3 is 0 Å². The van der Waals surface area contributed by atoms with Crippen LogP contribution in [0.5, 0.6) is 0 Å². The van der Waals surface area contributed by atoms with Crippen molar-refractivity contribution in [2.24, 2.45) is 0 Å². The van der Waals surface area contributed by atoms with Crippen molar-refractivity contribution < 1.29 is 18.4 Å². The van der Waals surface area contributed by atoms with Crippen molar-refractivity contribution in [1.82, 2.24) is 0 Å². The minimum absolute atomic E-state index is 0.202. The molecule has 0 radical (unpaired) electrons. The lowest BCUT2D eigenvalue weighted by Crippen LogP contribution is -2.15. The number of carbonyl (C=O) groups is 2. The van der Waals surface area contributed by atoms with E-state index in [2.05, 4.69) is 0 Å². The van der Waals surface area contributed by atoms with Crippen molar-refractivity contribution in [3.8, 4) is 0 Å². The van der Waals surface area contributed by atoms with E-state index in [1.54, 1.807) is 0 Å². The molecule has 0 spiro atoms. The summed E-state index contributed by atoms with van der Waals surface area (Å²) in [5.41, 5.74) is 0.202. The van der Waals surface area contributed by atoms with E-state index in [1.807, 2.05) is 0 Å². The number of halogens is 3. The molecule has 2 nitrogen and oxygen atoms in total. The largest absolute Gasteiger partial charge is 0.296 e. The molecular weight excluding hydrogens is 226 g/mol. The molecule has 0 bridgehead atoms. The van der Waals surface area contributed by atoms with E-state index in [-0.39, 0.29) is 5.56 Å². The molecule has 5 heteroatoms. The number of benzene rings is 1. The second kappa shape index (κ2) is 4.98. The quantitative estimate of drug-likeness (QED) is 0.591. The van der Waals surface area contributed by atoms with E-state index >= 15 is 0 Å². The lowest BCUT2D eigenvalue weighted by molar-refractivity contribution is -0.128. The van der Waals surface area contributed by atoms with Crippen LogP contribution in [-0.2, 0) is 4.79 Å². The standard InChI is InChI=1S/C10H7ClF2O2/c11-7-3-1-6(2-4-7)8(14)5-9(15)10(12)13/h1-4,10H,5H2. The van der Waals surface area contributed by atoms with Crippen LogP contribution in [0.25, 0.3) is 0 Å². The summed E-state index contributed by atoms with van der Waals surface area (Å²) in [6, 6.07) is 5.70. The van der Waals surface area contributed by atoms with Gasteiger partial charge < -0.3 is 0 Å². The molecular formula is C10H7ClF2O2. The van der Waals surface area contributed by atoms with Gasteiger partial charge in [-0.2, -0.15) is 0 Å². The topological polar surface area (TPSA) is 34.1 Å². The number of hydrogen-bond acceptors (Lipinski definition) is 2.